The fraction of sp³-hybridized carbons (Fsp3) is 0.579. The zero-order chi connectivity index (χ0) is 14.5. The van der Waals surface area contributed by atoms with Crippen molar-refractivity contribution in [2.24, 2.45) is 11.8 Å². The first-order chi connectivity index (χ1) is 9.36. The van der Waals surface area contributed by atoms with E-state index >= 15 is 0 Å². The summed E-state index contributed by atoms with van der Waals surface area (Å²) in [4.78, 5) is 1.57. The van der Waals surface area contributed by atoms with Gasteiger partial charge < -0.3 is 0 Å². The van der Waals surface area contributed by atoms with E-state index in [2.05, 4.69) is 70.6 Å². The van der Waals surface area contributed by atoms with E-state index in [1.807, 2.05) is 0 Å². The number of hydrogen-bond acceptors (Lipinski definition) is 1. The lowest BCUT2D eigenvalue weighted by Gasteiger charge is -2.20. The van der Waals surface area contributed by atoms with E-state index in [-0.39, 0.29) is 5.41 Å². The molecule has 0 radical (unpaired) electrons. The van der Waals surface area contributed by atoms with Gasteiger partial charge in [-0.15, -0.1) is 11.8 Å². The third-order valence-electron chi connectivity index (χ3n) is 4.88. The molecule has 1 aromatic rings. The molecule has 108 valence electrons. The van der Waals surface area contributed by atoms with E-state index < -0.39 is 0 Å². The summed E-state index contributed by atoms with van der Waals surface area (Å²) in [7, 11) is 0. The molecule has 3 rings (SSSR count). The molecule has 1 aromatic carbocycles. The second-order valence-electron chi connectivity index (χ2n) is 7.64. The highest BCUT2D eigenvalue weighted by molar-refractivity contribution is 8.04. The largest absolute Gasteiger partial charge is 0.127 e. The summed E-state index contributed by atoms with van der Waals surface area (Å²) in [5, 5.41) is 0.849. The van der Waals surface area contributed by atoms with E-state index in [0.29, 0.717) is 0 Å². The average Bonchev–Trinajstić information content (AvgIpc) is 2.82. The topological polar surface area (TPSA) is 0 Å². The lowest BCUT2D eigenvalue weighted by Crippen LogP contribution is -2.11. The van der Waals surface area contributed by atoms with Crippen LogP contribution in [0.2, 0.25) is 0 Å². The van der Waals surface area contributed by atoms with Crippen LogP contribution >= 0.6 is 11.8 Å². The highest BCUT2D eigenvalue weighted by Crippen LogP contribution is 2.55. The maximum absolute atomic E-state index is 2.41. The number of benzene rings is 1. The summed E-state index contributed by atoms with van der Waals surface area (Å²) in [6, 6.07) is 9.36. The Kier molecular flexibility index (Phi) is 3.52. The van der Waals surface area contributed by atoms with Crippen LogP contribution in [0.1, 0.15) is 58.6 Å². The van der Waals surface area contributed by atoms with Crippen molar-refractivity contribution in [3.8, 4) is 0 Å². The molecule has 3 atom stereocenters. The SMILES string of the molecule is CC1=C(c2ccc(C(C)(C)C)cc2)C2CC(C)CC2S1. The van der Waals surface area contributed by atoms with Gasteiger partial charge in [-0.3, -0.25) is 0 Å². The summed E-state index contributed by atoms with van der Waals surface area (Å²) < 4.78 is 0. The Morgan fingerprint density at radius 2 is 1.70 bits per heavy atom. The van der Waals surface area contributed by atoms with Crippen LogP contribution in [0, 0.1) is 11.8 Å². The Morgan fingerprint density at radius 1 is 1.05 bits per heavy atom. The van der Waals surface area contributed by atoms with Crippen molar-refractivity contribution in [2.75, 3.05) is 0 Å². The van der Waals surface area contributed by atoms with Crippen LogP contribution in [-0.4, -0.2) is 5.25 Å². The van der Waals surface area contributed by atoms with Gasteiger partial charge in [0.2, 0.25) is 0 Å². The normalized spacial score (nSPS) is 29.9. The fourth-order valence-corrected chi connectivity index (χ4v) is 5.48. The van der Waals surface area contributed by atoms with Gasteiger partial charge in [0, 0.05) is 5.25 Å². The first kappa shape index (κ1) is 14.3. The maximum Gasteiger partial charge on any atom is 0.0163 e. The molecule has 1 aliphatic carbocycles. The molecule has 0 N–H and O–H groups in total. The van der Waals surface area contributed by atoms with E-state index in [0.717, 1.165) is 17.1 Å². The molecule has 1 aliphatic heterocycles. The first-order valence-corrected chi connectivity index (χ1v) is 8.72. The molecule has 0 aromatic heterocycles. The van der Waals surface area contributed by atoms with Crippen molar-refractivity contribution in [3.63, 3.8) is 0 Å². The molecular weight excluding hydrogens is 260 g/mol. The second-order valence-corrected chi connectivity index (χ2v) is 9.09. The van der Waals surface area contributed by atoms with Gasteiger partial charge in [-0.2, -0.15) is 0 Å². The Labute approximate surface area is 128 Å². The van der Waals surface area contributed by atoms with Gasteiger partial charge >= 0.3 is 0 Å². The van der Waals surface area contributed by atoms with Gasteiger partial charge in [0.15, 0.2) is 0 Å². The molecule has 20 heavy (non-hydrogen) atoms. The van der Waals surface area contributed by atoms with Crippen LogP contribution in [0.5, 0.6) is 0 Å². The van der Waals surface area contributed by atoms with Gasteiger partial charge in [0.05, 0.1) is 0 Å². The van der Waals surface area contributed by atoms with Crippen LogP contribution in [-0.2, 0) is 5.41 Å². The molecule has 3 unspecified atom stereocenters. The van der Waals surface area contributed by atoms with Gasteiger partial charge in [0.1, 0.15) is 0 Å². The lowest BCUT2D eigenvalue weighted by atomic mass is 9.84. The summed E-state index contributed by atoms with van der Waals surface area (Å²) in [6.07, 6.45) is 2.78. The summed E-state index contributed by atoms with van der Waals surface area (Å²) in [5.41, 5.74) is 4.78. The van der Waals surface area contributed by atoms with Gasteiger partial charge in [-0.25, -0.2) is 0 Å². The van der Waals surface area contributed by atoms with E-state index in [1.54, 1.807) is 10.5 Å². The van der Waals surface area contributed by atoms with Crippen molar-refractivity contribution in [1.82, 2.24) is 0 Å². The van der Waals surface area contributed by atoms with E-state index in [4.69, 9.17) is 0 Å². The Balaban J connectivity index is 1.91. The number of fused-ring (bicyclic) bond motifs is 1. The molecule has 0 nitrogen and oxygen atoms in total. The molecule has 0 bridgehead atoms. The molecule has 1 saturated carbocycles. The average molecular weight is 286 g/mol. The van der Waals surface area contributed by atoms with E-state index in [1.165, 1.54) is 24.0 Å². The predicted octanol–water partition coefficient (Wildman–Crippen LogP) is 5.88. The minimum atomic E-state index is 0.247. The lowest BCUT2D eigenvalue weighted by molar-refractivity contribution is 0.589. The van der Waals surface area contributed by atoms with Crippen molar-refractivity contribution in [1.29, 1.82) is 0 Å². The van der Waals surface area contributed by atoms with E-state index in [9.17, 15) is 0 Å². The maximum atomic E-state index is 2.41. The number of hydrogen-bond donors (Lipinski definition) is 0. The molecule has 0 saturated heterocycles. The quantitative estimate of drug-likeness (QED) is 0.621. The fourth-order valence-electron chi connectivity index (χ4n) is 3.80. The van der Waals surface area contributed by atoms with Crippen LogP contribution in [0.25, 0.3) is 5.57 Å². The molecule has 2 aliphatic rings. The van der Waals surface area contributed by atoms with Gasteiger partial charge in [0.25, 0.3) is 0 Å². The number of allylic oxidation sites excluding steroid dienone is 2. The van der Waals surface area contributed by atoms with Gasteiger partial charge in [-0.1, -0.05) is 52.0 Å². The summed E-state index contributed by atoms with van der Waals surface area (Å²) in [5.74, 6) is 1.70. The van der Waals surface area contributed by atoms with Crippen molar-refractivity contribution in [2.45, 2.75) is 58.1 Å². The summed E-state index contributed by atoms with van der Waals surface area (Å²) >= 11 is 2.13. The van der Waals surface area contributed by atoms with Crippen molar-refractivity contribution in [3.05, 3.63) is 40.3 Å². The second kappa shape index (κ2) is 4.94. The molecule has 1 fully saturated rings. The molecular formula is C19H26S. The van der Waals surface area contributed by atoms with Crippen LogP contribution in [0.3, 0.4) is 0 Å². The Hall–Kier alpha value is -0.690. The highest BCUT2D eigenvalue weighted by Gasteiger charge is 2.40. The summed E-state index contributed by atoms with van der Waals surface area (Å²) in [6.45, 7) is 11.6. The minimum Gasteiger partial charge on any atom is -0.127 e. The third kappa shape index (κ3) is 2.45. The molecule has 0 amide bonds. The number of thioether (sulfide) groups is 1. The molecule has 0 spiro atoms. The Morgan fingerprint density at radius 3 is 2.30 bits per heavy atom. The van der Waals surface area contributed by atoms with Crippen molar-refractivity contribution >= 4 is 17.3 Å². The highest BCUT2D eigenvalue weighted by atomic mass is 32.2. The number of rotatable bonds is 1. The molecule has 1 heteroatoms. The monoisotopic (exact) mass is 286 g/mol. The predicted molar refractivity (Wildman–Crippen MR) is 91.0 cm³/mol. The third-order valence-corrected chi connectivity index (χ3v) is 6.28. The van der Waals surface area contributed by atoms with Crippen LogP contribution in [0.15, 0.2) is 29.2 Å². The zero-order valence-electron chi connectivity index (χ0n) is 13.4. The Bertz CT molecular complexity index is 530. The van der Waals surface area contributed by atoms with Crippen molar-refractivity contribution < 1.29 is 0 Å². The standard InChI is InChI=1S/C19H26S/c1-12-10-16-17(11-12)20-13(2)18(16)14-6-8-15(9-7-14)19(3,4)5/h6-9,12,16-17H,10-11H2,1-5H3. The first-order valence-electron chi connectivity index (χ1n) is 7.84. The zero-order valence-corrected chi connectivity index (χ0v) is 14.2. The van der Waals surface area contributed by atoms with Crippen LogP contribution < -0.4 is 0 Å². The van der Waals surface area contributed by atoms with Gasteiger partial charge in [-0.05, 0) is 58.6 Å². The van der Waals surface area contributed by atoms with Crippen LogP contribution in [0.4, 0.5) is 0 Å². The minimum absolute atomic E-state index is 0.247. The molecule has 1 heterocycles. The smallest absolute Gasteiger partial charge is 0.0163 e.